The summed E-state index contributed by atoms with van der Waals surface area (Å²) in [6, 6.07) is 22.2. The van der Waals surface area contributed by atoms with E-state index < -0.39 is 10.0 Å². The van der Waals surface area contributed by atoms with E-state index in [0.29, 0.717) is 28.2 Å². The van der Waals surface area contributed by atoms with Crippen molar-refractivity contribution in [3.8, 4) is 5.69 Å². The molecule has 1 N–H and O–H groups in total. The molecule has 7 nitrogen and oxygen atoms in total. The van der Waals surface area contributed by atoms with E-state index in [1.807, 2.05) is 65.2 Å². The lowest BCUT2D eigenvalue weighted by Gasteiger charge is -2.21. The highest BCUT2D eigenvalue weighted by Crippen LogP contribution is 2.28. The minimum absolute atomic E-state index is 0.253. The van der Waals surface area contributed by atoms with E-state index in [-0.39, 0.29) is 5.43 Å². The van der Waals surface area contributed by atoms with Gasteiger partial charge in [-0.05, 0) is 37.3 Å². The van der Waals surface area contributed by atoms with Crippen molar-refractivity contribution in [2.24, 2.45) is 0 Å². The molecule has 0 atom stereocenters. The molecule has 0 bridgehead atoms. The first-order valence-electron chi connectivity index (χ1n) is 9.64. The fraction of sp³-hybridized carbons (Fsp3) is 0.130. The molecule has 0 aliphatic carbocycles. The fourth-order valence-electron chi connectivity index (χ4n) is 3.41. The number of rotatable bonds is 5. The maximum absolute atomic E-state index is 13.0. The Morgan fingerprint density at radius 3 is 2.19 bits per heavy atom. The van der Waals surface area contributed by atoms with Crippen molar-refractivity contribution in [1.82, 2.24) is 9.55 Å². The molecule has 4 aromatic rings. The van der Waals surface area contributed by atoms with Crippen LogP contribution in [-0.4, -0.2) is 31.3 Å². The molecule has 0 saturated carbocycles. The van der Waals surface area contributed by atoms with Gasteiger partial charge in [-0.25, -0.2) is 13.4 Å². The van der Waals surface area contributed by atoms with Gasteiger partial charge in [0.25, 0.3) is 0 Å². The molecule has 0 radical (unpaired) electrons. The van der Waals surface area contributed by atoms with Gasteiger partial charge >= 0.3 is 0 Å². The number of hydrogen-bond donors (Lipinski definition) is 1. The third-order valence-electron chi connectivity index (χ3n) is 5.05. The summed E-state index contributed by atoms with van der Waals surface area (Å²) in [7, 11) is -2.05. The maximum atomic E-state index is 13.0. The van der Waals surface area contributed by atoms with Crippen LogP contribution in [0.2, 0.25) is 0 Å². The summed E-state index contributed by atoms with van der Waals surface area (Å²) in [5.41, 5.74) is 2.71. The van der Waals surface area contributed by atoms with Crippen molar-refractivity contribution in [2.45, 2.75) is 6.92 Å². The zero-order chi connectivity index (χ0) is 22.2. The number of aromatic nitrogens is 2. The molecule has 2 aromatic carbocycles. The van der Waals surface area contributed by atoms with E-state index in [1.54, 1.807) is 13.0 Å². The standard InChI is InChI=1S/C23H22N4O3S/c1-16-20(26(2)31(3,29)30)14-19-21(28)15-22(25-17-10-6-4-7-11-17)27(23(19)24-16)18-12-8-5-9-13-18/h4-15,25H,1-3H3. The Morgan fingerprint density at radius 2 is 1.58 bits per heavy atom. The van der Waals surface area contributed by atoms with Crippen LogP contribution < -0.4 is 15.1 Å². The number of nitrogens with one attached hydrogen (secondary N) is 1. The summed E-state index contributed by atoms with van der Waals surface area (Å²) in [5, 5.41) is 3.63. The monoisotopic (exact) mass is 434 g/mol. The maximum Gasteiger partial charge on any atom is 0.232 e. The molecule has 8 heteroatoms. The van der Waals surface area contributed by atoms with Crippen molar-refractivity contribution >= 4 is 38.2 Å². The van der Waals surface area contributed by atoms with Gasteiger partial charge in [0.2, 0.25) is 10.0 Å². The minimum atomic E-state index is -3.50. The largest absolute Gasteiger partial charge is 0.341 e. The second-order valence-electron chi connectivity index (χ2n) is 7.25. The van der Waals surface area contributed by atoms with E-state index in [2.05, 4.69) is 10.3 Å². The van der Waals surface area contributed by atoms with Crippen LogP contribution in [-0.2, 0) is 10.0 Å². The Bertz CT molecular complexity index is 1420. The van der Waals surface area contributed by atoms with Crippen LogP contribution in [0.3, 0.4) is 0 Å². The number of aryl methyl sites for hydroxylation is 1. The van der Waals surface area contributed by atoms with Crippen LogP contribution in [0.1, 0.15) is 5.69 Å². The molecule has 0 amide bonds. The first kappa shape index (κ1) is 20.6. The minimum Gasteiger partial charge on any atom is -0.341 e. The molecule has 158 valence electrons. The predicted molar refractivity (Wildman–Crippen MR) is 125 cm³/mol. The van der Waals surface area contributed by atoms with Crippen LogP contribution >= 0.6 is 0 Å². The molecule has 2 aromatic heterocycles. The molecule has 0 fully saturated rings. The number of para-hydroxylation sites is 2. The zero-order valence-electron chi connectivity index (χ0n) is 17.4. The molecule has 0 spiro atoms. The average molecular weight is 435 g/mol. The van der Waals surface area contributed by atoms with Gasteiger partial charge in [0, 0.05) is 24.5 Å². The summed E-state index contributed by atoms with van der Waals surface area (Å²) < 4.78 is 27.1. The SMILES string of the molecule is Cc1nc2c(cc1N(C)S(C)(=O)=O)c(=O)cc(Nc1ccccc1)n2-c1ccccc1. The van der Waals surface area contributed by atoms with Crippen LogP contribution in [0.4, 0.5) is 17.2 Å². The summed E-state index contributed by atoms with van der Waals surface area (Å²) in [6.45, 7) is 1.73. The van der Waals surface area contributed by atoms with Crippen LogP contribution in [0.5, 0.6) is 0 Å². The molecule has 0 aliphatic rings. The number of nitrogens with zero attached hydrogens (tertiary/aromatic N) is 3. The molecular formula is C23H22N4O3S. The third-order valence-corrected chi connectivity index (χ3v) is 6.24. The van der Waals surface area contributed by atoms with Gasteiger partial charge in [-0.15, -0.1) is 0 Å². The summed E-state index contributed by atoms with van der Waals surface area (Å²) in [4.78, 5) is 17.7. The number of benzene rings is 2. The van der Waals surface area contributed by atoms with Gasteiger partial charge in [-0.1, -0.05) is 36.4 Å². The number of anilines is 3. The highest BCUT2D eigenvalue weighted by atomic mass is 32.2. The molecule has 4 rings (SSSR count). The zero-order valence-corrected chi connectivity index (χ0v) is 18.2. The average Bonchev–Trinajstić information content (AvgIpc) is 2.74. The van der Waals surface area contributed by atoms with Crippen molar-refractivity contribution in [1.29, 1.82) is 0 Å². The van der Waals surface area contributed by atoms with Crippen molar-refractivity contribution in [3.63, 3.8) is 0 Å². The first-order chi connectivity index (χ1) is 14.8. The first-order valence-corrected chi connectivity index (χ1v) is 11.5. The molecule has 0 unspecified atom stereocenters. The predicted octanol–water partition coefficient (Wildman–Crippen LogP) is 3.83. The van der Waals surface area contributed by atoms with E-state index in [0.717, 1.165) is 21.9 Å². The van der Waals surface area contributed by atoms with Crippen molar-refractivity contribution in [2.75, 3.05) is 22.9 Å². The number of sulfonamides is 1. The van der Waals surface area contributed by atoms with Crippen LogP contribution in [0, 0.1) is 6.92 Å². The van der Waals surface area contributed by atoms with E-state index in [9.17, 15) is 13.2 Å². The Hall–Kier alpha value is -3.65. The number of hydrogen-bond acceptors (Lipinski definition) is 5. The lowest BCUT2D eigenvalue weighted by atomic mass is 10.2. The van der Waals surface area contributed by atoms with Crippen molar-refractivity contribution < 1.29 is 8.42 Å². The van der Waals surface area contributed by atoms with Gasteiger partial charge in [-0.3, -0.25) is 13.7 Å². The molecule has 0 aliphatic heterocycles. The smallest absolute Gasteiger partial charge is 0.232 e. The fourth-order valence-corrected chi connectivity index (χ4v) is 3.95. The van der Waals surface area contributed by atoms with Gasteiger partial charge < -0.3 is 5.32 Å². The van der Waals surface area contributed by atoms with Gasteiger partial charge in [0.1, 0.15) is 11.5 Å². The Labute approximate surface area is 180 Å². The summed E-state index contributed by atoms with van der Waals surface area (Å²) >= 11 is 0. The second-order valence-corrected chi connectivity index (χ2v) is 9.26. The lowest BCUT2D eigenvalue weighted by Crippen LogP contribution is -2.26. The van der Waals surface area contributed by atoms with Crippen molar-refractivity contribution in [3.05, 3.63) is 88.7 Å². The highest BCUT2D eigenvalue weighted by molar-refractivity contribution is 7.92. The van der Waals surface area contributed by atoms with Crippen LogP contribution in [0.15, 0.2) is 77.6 Å². The number of fused-ring (bicyclic) bond motifs is 1. The molecule has 31 heavy (non-hydrogen) atoms. The van der Waals surface area contributed by atoms with E-state index >= 15 is 0 Å². The normalized spacial score (nSPS) is 11.5. The van der Waals surface area contributed by atoms with Crippen LogP contribution in [0.25, 0.3) is 16.7 Å². The summed E-state index contributed by atoms with van der Waals surface area (Å²) in [5.74, 6) is 0.561. The molecular weight excluding hydrogens is 412 g/mol. The second kappa shape index (κ2) is 7.88. The topological polar surface area (TPSA) is 84.3 Å². The third kappa shape index (κ3) is 4.02. The molecule has 2 heterocycles. The Morgan fingerprint density at radius 1 is 0.968 bits per heavy atom. The lowest BCUT2D eigenvalue weighted by molar-refractivity contribution is 0.600. The Kier molecular flexibility index (Phi) is 5.24. The quantitative estimate of drug-likeness (QED) is 0.516. The van der Waals surface area contributed by atoms with Gasteiger partial charge in [0.15, 0.2) is 5.43 Å². The number of pyridine rings is 2. The Balaban J connectivity index is 2.02. The van der Waals surface area contributed by atoms with E-state index in [1.165, 1.54) is 13.1 Å². The van der Waals surface area contributed by atoms with Gasteiger partial charge in [0.05, 0.1) is 23.0 Å². The molecule has 0 saturated heterocycles. The summed E-state index contributed by atoms with van der Waals surface area (Å²) in [6.07, 6.45) is 1.12. The highest BCUT2D eigenvalue weighted by Gasteiger charge is 2.19. The van der Waals surface area contributed by atoms with E-state index in [4.69, 9.17) is 0 Å². The van der Waals surface area contributed by atoms with Gasteiger partial charge in [-0.2, -0.15) is 0 Å².